The first-order valence-corrected chi connectivity index (χ1v) is 31.3. The monoisotopic (exact) mass is 1070 g/mol. The van der Waals surface area contributed by atoms with Gasteiger partial charge in [-0.1, -0.05) is 160 Å². The van der Waals surface area contributed by atoms with E-state index in [2.05, 4.69) is 230 Å². The van der Waals surface area contributed by atoms with Crippen molar-refractivity contribution >= 4 is 132 Å². The fraction of sp³-hybridized carbons (Fsp3) is 0.342. The molecule has 0 N–H and O–H groups in total. The number of para-hydroxylation sites is 1. The predicted octanol–water partition coefficient (Wildman–Crippen LogP) is 19.3. The fourth-order valence-electron chi connectivity index (χ4n) is 16.9. The summed E-state index contributed by atoms with van der Waals surface area (Å²) < 4.78 is 5.45. The molecular formula is C73H72BN3S2. The molecule has 0 spiro atoms. The maximum absolute atomic E-state index is 2.85. The summed E-state index contributed by atoms with van der Waals surface area (Å²) in [5.74, 6) is 0. The Morgan fingerprint density at radius 2 is 0.911 bits per heavy atom. The quantitative estimate of drug-likeness (QED) is 0.163. The molecule has 3 aliphatic carbocycles. The second-order valence-electron chi connectivity index (χ2n) is 28.1. The van der Waals surface area contributed by atoms with Crippen LogP contribution in [0, 0.1) is 6.92 Å². The van der Waals surface area contributed by atoms with Gasteiger partial charge in [-0.15, -0.1) is 22.7 Å². The molecule has 2 aromatic heterocycles. The predicted molar refractivity (Wildman–Crippen MR) is 344 cm³/mol. The van der Waals surface area contributed by atoms with Gasteiger partial charge in [0.25, 0.3) is 6.71 Å². The number of anilines is 8. The third-order valence-corrected chi connectivity index (χ3v) is 24.3. The molecular weight excluding hydrogens is 994 g/mol. The zero-order chi connectivity index (χ0) is 54.1. The lowest BCUT2D eigenvalue weighted by molar-refractivity contribution is 0.195. The Kier molecular flexibility index (Phi) is 9.82. The summed E-state index contributed by atoms with van der Waals surface area (Å²) in [6, 6.07) is 56.1. The van der Waals surface area contributed by atoms with Gasteiger partial charge in [0, 0.05) is 75.5 Å². The minimum Gasteiger partial charge on any atom is -0.334 e. The summed E-state index contributed by atoms with van der Waals surface area (Å²) in [4.78, 5) is 8.45. The van der Waals surface area contributed by atoms with Gasteiger partial charge >= 0.3 is 0 Å². The molecule has 394 valence electrons. The first kappa shape index (κ1) is 48.6. The van der Waals surface area contributed by atoms with Crippen molar-refractivity contribution in [3.05, 3.63) is 173 Å². The number of aryl methyl sites for hydroxylation is 1. The zero-order valence-electron chi connectivity index (χ0n) is 48.2. The van der Waals surface area contributed by atoms with Gasteiger partial charge in [0.15, 0.2) is 0 Å². The highest BCUT2D eigenvalue weighted by Gasteiger charge is 2.58. The van der Waals surface area contributed by atoms with Crippen molar-refractivity contribution in [1.82, 2.24) is 0 Å². The van der Waals surface area contributed by atoms with Crippen LogP contribution in [0.15, 0.2) is 140 Å². The molecule has 5 heterocycles. The van der Waals surface area contributed by atoms with Crippen LogP contribution in [-0.2, 0) is 27.1 Å². The maximum atomic E-state index is 2.85. The van der Waals surface area contributed by atoms with Gasteiger partial charge in [0.2, 0.25) is 0 Å². The molecule has 1 fully saturated rings. The third kappa shape index (κ3) is 6.37. The van der Waals surface area contributed by atoms with Crippen LogP contribution in [0.1, 0.15) is 154 Å². The molecule has 2 atom stereocenters. The van der Waals surface area contributed by atoms with Crippen LogP contribution >= 0.6 is 22.7 Å². The van der Waals surface area contributed by atoms with Gasteiger partial charge in [-0.25, -0.2) is 0 Å². The van der Waals surface area contributed by atoms with E-state index in [1.54, 1.807) is 0 Å². The van der Waals surface area contributed by atoms with E-state index in [1.807, 2.05) is 22.7 Å². The molecule has 10 aromatic rings. The van der Waals surface area contributed by atoms with Gasteiger partial charge in [0.1, 0.15) is 0 Å². The Balaban J connectivity index is 1.10. The smallest absolute Gasteiger partial charge is 0.254 e. The fourth-order valence-corrected chi connectivity index (χ4v) is 19.4. The normalized spacial score (nSPS) is 22.6. The van der Waals surface area contributed by atoms with Crippen molar-refractivity contribution in [1.29, 1.82) is 0 Å². The van der Waals surface area contributed by atoms with Crippen molar-refractivity contribution in [2.24, 2.45) is 0 Å². The van der Waals surface area contributed by atoms with E-state index in [-0.39, 0.29) is 39.3 Å². The molecule has 16 rings (SSSR count). The Labute approximate surface area is 476 Å². The lowest BCUT2D eigenvalue weighted by Gasteiger charge is -2.51. The van der Waals surface area contributed by atoms with Crippen molar-refractivity contribution in [3.63, 3.8) is 0 Å². The number of fused-ring (bicyclic) bond motifs is 16. The van der Waals surface area contributed by atoms with E-state index in [9.17, 15) is 0 Å². The number of hydrogen-bond acceptors (Lipinski definition) is 5. The van der Waals surface area contributed by atoms with E-state index >= 15 is 0 Å². The first-order chi connectivity index (χ1) is 37.8. The van der Waals surface area contributed by atoms with Crippen LogP contribution in [0.3, 0.4) is 0 Å². The van der Waals surface area contributed by atoms with Crippen LogP contribution in [0.5, 0.6) is 0 Å². The second kappa shape index (κ2) is 16.0. The Bertz CT molecular complexity index is 4320. The molecule has 3 nitrogen and oxygen atoms in total. The number of nitrogens with zero attached hydrogens (tertiary/aromatic N) is 3. The van der Waals surface area contributed by atoms with Gasteiger partial charge < -0.3 is 14.7 Å². The molecule has 0 bridgehead atoms. The highest BCUT2D eigenvalue weighted by atomic mass is 32.1. The molecule has 8 aromatic carbocycles. The van der Waals surface area contributed by atoms with Gasteiger partial charge in [-0.3, -0.25) is 0 Å². The van der Waals surface area contributed by atoms with Crippen molar-refractivity contribution in [2.45, 2.75) is 160 Å². The highest BCUT2D eigenvalue weighted by molar-refractivity contribution is 7.28. The van der Waals surface area contributed by atoms with Gasteiger partial charge in [-0.2, -0.15) is 0 Å². The minimum atomic E-state index is -0.134. The van der Waals surface area contributed by atoms with Crippen LogP contribution in [0.2, 0.25) is 0 Å². The van der Waals surface area contributed by atoms with E-state index in [0.29, 0.717) is 0 Å². The highest BCUT2D eigenvalue weighted by Crippen LogP contribution is 2.63. The molecule has 1 saturated carbocycles. The summed E-state index contributed by atoms with van der Waals surface area (Å²) >= 11 is 3.97. The van der Waals surface area contributed by atoms with E-state index in [4.69, 9.17) is 0 Å². The van der Waals surface area contributed by atoms with Crippen LogP contribution in [0.25, 0.3) is 40.3 Å². The van der Waals surface area contributed by atoms with Crippen LogP contribution in [-0.4, -0.2) is 12.3 Å². The molecule has 0 saturated heterocycles. The first-order valence-electron chi connectivity index (χ1n) is 29.7. The second-order valence-corrected chi connectivity index (χ2v) is 30.2. The molecule has 0 radical (unpaired) electrons. The zero-order valence-corrected chi connectivity index (χ0v) is 49.8. The minimum absolute atomic E-state index is 0.00352. The number of benzene rings is 8. The average molecular weight is 1070 g/mol. The van der Waals surface area contributed by atoms with Crippen LogP contribution in [0.4, 0.5) is 45.5 Å². The summed E-state index contributed by atoms with van der Waals surface area (Å²) in [7, 11) is 0. The van der Waals surface area contributed by atoms with Crippen LogP contribution < -0.4 is 31.1 Å². The van der Waals surface area contributed by atoms with Gasteiger partial charge in [0.05, 0.1) is 15.9 Å². The van der Waals surface area contributed by atoms with E-state index < -0.39 is 0 Å². The van der Waals surface area contributed by atoms with Crippen molar-refractivity contribution < 1.29 is 0 Å². The Morgan fingerprint density at radius 3 is 1.58 bits per heavy atom. The summed E-state index contributed by atoms with van der Waals surface area (Å²) in [6.07, 6.45) is 9.49. The topological polar surface area (TPSA) is 9.72 Å². The number of thiophene rings is 2. The Morgan fingerprint density at radius 1 is 0.392 bits per heavy atom. The lowest BCUT2D eigenvalue weighted by atomic mass is 9.33. The lowest BCUT2D eigenvalue weighted by Crippen LogP contribution is -2.62. The number of hydrogen-bond donors (Lipinski definition) is 0. The molecule has 79 heavy (non-hydrogen) atoms. The van der Waals surface area contributed by atoms with Crippen molar-refractivity contribution in [2.75, 3.05) is 14.7 Å². The molecule has 2 unspecified atom stereocenters. The van der Waals surface area contributed by atoms with E-state index in [0.717, 1.165) is 19.3 Å². The van der Waals surface area contributed by atoms with Crippen molar-refractivity contribution in [3.8, 4) is 0 Å². The van der Waals surface area contributed by atoms with E-state index in [1.165, 1.54) is 168 Å². The molecule has 0 amide bonds. The number of rotatable bonds is 3. The molecule has 6 aliphatic rings. The summed E-state index contributed by atoms with van der Waals surface area (Å²) in [5.41, 5.74) is 23.7. The summed E-state index contributed by atoms with van der Waals surface area (Å²) in [5, 5.41) is 5.39. The van der Waals surface area contributed by atoms with Gasteiger partial charge in [-0.05, 0) is 184 Å². The maximum Gasteiger partial charge on any atom is 0.254 e. The average Bonchev–Trinajstić information content (AvgIpc) is 4.02. The SMILES string of the molecule is Cc1cc2c(cc1N1c3cc(N4c5ccccc5C5(C)CCCCC45C)cc4c3B(c3cc5c(cc3N4c3cccc4c3sc3ccccc34)C(C)(C)CCC5(C)C)c3c1ccc1c3sc3ccccc31)C(C)(C)CCC2(C)C. The molecule has 3 aliphatic heterocycles. The standard InChI is InChI=1S/C73H72BN3S2/c1-43-37-50-52(70(6,7)35-33-68(50,2)3)41-58(43)75-56-30-29-48-46-22-13-17-28-63(46)79-67(48)65(56)74-54-40-51-53(71(8,9)36-34-69(51,4)5)42-59(54)76(57-26-20-23-47-45-21-12-16-27-62(45)78-66(47)57)61-39-44(38-60(75)64(61)74)77-55-25-15-14-24-49(55)72(10)31-18-19-32-73(72,77)11/h12-17,20-30,37-42H,18-19,31-36H2,1-11H3. The Hall–Kier alpha value is -6.34. The molecule has 6 heteroatoms. The third-order valence-electron chi connectivity index (χ3n) is 21.8. The summed E-state index contributed by atoms with van der Waals surface area (Å²) in [6.45, 7) is 27.6. The largest absolute Gasteiger partial charge is 0.334 e.